The van der Waals surface area contributed by atoms with Gasteiger partial charge in [0.25, 0.3) is 5.56 Å². The van der Waals surface area contributed by atoms with Crippen LogP contribution in [0.5, 0.6) is 0 Å². The Kier molecular flexibility index (Phi) is 2.03. The number of nitrogens with one attached hydrogen (secondary N) is 1. The fourth-order valence-corrected chi connectivity index (χ4v) is 1.40. The largest absolute Gasteiger partial charge is 0.330 e. The van der Waals surface area contributed by atoms with Gasteiger partial charge in [0.05, 0.1) is 11.8 Å². The zero-order valence-electron chi connectivity index (χ0n) is 8.39. The number of hydrogen-bond donors (Lipinski definition) is 1. The fraction of sp³-hybridized carbons (Fsp3) is 0.222. The van der Waals surface area contributed by atoms with Crippen LogP contribution in [0, 0.1) is 0 Å². The van der Waals surface area contributed by atoms with E-state index in [2.05, 4.69) is 10.2 Å². The van der Waals surface area contributed by atoms with Crippen LogP contribution in [0.2, 0.25) is 0 Å². The molecule has 15 heavy (non-hydrogen) atoms. The van der Waals surface area contributed by atoms with Gasteiger partial charge in [-0.1, -0.05) is 0 Å². The molecule has 0 amide bonds. The highest BCUT2D eigenvalue weighted by molar-refractivity contribution is 5.59. The highest BCUT2D eigenvalue weighted by atomic mass is 16.2. The molecule has 6 heteroatoms. The van der Waals surface area contributed by atoms with Crippen LogP contribution in [-0.4, -0.2) is 19.3 Å². The maximum absolute atomic E-state index is 11.7. The smallest absolute Gasteiger partial charge is 0.303 e. The molecule has 2 aromatic rings. The van der Waals surface area contributed by atoms with Gasteiger partial charge in [-0.2, -0.15) is 5.10 Å². The first-order chi connectivity index (χ1) is 7.11. The molecule has 0 unspecified atom stereocenters. The lowest BCUT2D eigenvalue weighted by Crippen LogP contribution is -2.37. The van der Waals surface area contributed by atoms with E-state index in [1.807, 2.05) is 0 Å². The molecule has 0 aliphatic carbocycles. The highest BCUT2D eigenvalue weighted by Crippen LogP contribution is 2.10. The number of aryl methyl sites for hydroxylation is 1. The monoisotopic (exact) mass is 206 g/mol. The van der Waals surface area contributed by atoms with Crippen LogP contribution in [0.1, 0.15) is 0 Å². The van der Waals surface area contributed by atoms with E-state index in [1.165, 1.54) is 17.8 Å². The molecule has 0 saturated heterocycles. The maximum atomic E-state index is 11.7. The minimum absolute atomic E-state index is 0.320. The molecule has 0 saturated carbocycles. The molecule has 0 fully saturated rings. The Labute approximate surface area is 84.8 Å². The van der Waals surface area contributed by atoms with Crippen molar-refractivity contribution in [2.75, 3.05) is 0 Å². The van der Waals surface area contributed by atoms with Crippen molar-refractivity contribution >= 4 is 0 Å². The van der Waals surface area contributed by atoms with Gasteiger partial charge in [0.15, 0.2) is 0 Å². The molecule has 2 aromatic heterocycles. The number of aromatic nitrogens is 4. The molecule has 0 spiro atoms. The summed E-state index contributed by atoms with van der Waals surface area (Å²) in [5.74, 6) is 0. The van der Waals surface area contributed by atoms with Crippen molar-refractivity contribution in [2.24, 2.45) is 14.1 Å². The zero-order valence-corrected chi connectivity index (χ0v) is 8.39. The van der Waals surface area contributed by atoms with Crippen molar-refractivity contribution < 1.29 is 0 Å². The van der Waals surface area contributed by atoms with Gasteiger partial charge in [0, 0.05) is 32.1 Å². The van der Waals surface area contributed by atoms with E-state index >= 15 is 0 Å². The Morgan fingerprint density at radius 2 is 2.07 bits per heavy atom. The van der Waals surface area contributed by atoms with Crippen LogP contribution in [0.25, 0.3) is 11.1 Å². The van der Waals surface area contributed by atoms with Gasteiger partial charge in [0.2, 0.25) is 0 Å². The molecule has 2 heterocycles. The third-order valence-corrected chi connectivity index (χ3v) is 2.26. The average Bonchev–Trinajstić information content (AvgIpc) is 2.73. The van der Waals surface area contributed by atoms with Crippen LogP contribution in [0.4, 0.5) is 0 Å². The number of aromatic amines is 1. The minimum atomic E-state index is -0.341. The number of nitrogens with zero attached hydrogens (tertiary/aromatic N) is 3. The quantitative estimate of drug-likeness (QED) is 0.682. The van der Waals surface area contributed by atoms with Crippen LogP contribution < -0.4 is 11.2 Å². The van der Waals surface area contributed by atoms with Gasteiger partial charge in [-0.3, -0.25) is 14.5 Å². The zero-order chi connectivity index (χ0) is 11.0. The maximum Gasteiger partial charge on any atom is 0.330 e. The summed E-state index contributed by atoms with van der Waals surface area (Å²) >= 11 is 0. The summed E-state index contributed by atoms with van der Waals surface area (Å²) in [5, 5.41) is 6.38. The molecule has 0 aliphatic heterocycles. The van der Waals surface area contributed by atoms with E-state index in [-0.39, 0.29) is 11.2 Å². The van der Waals surface area contributed by atoms with E-state index in [4.69, 9.17) is 0 Å². The predicted octanol–water partition coefficient (Wildman–Crippen LogP) is -0.526. The first kappa shape index (κ1) is 9.45. The second-order valence-electron chi connectivity index (χ2n) is 3.29. The van der Waals surface area contributed by atoms with Crippen molar-refractivity contribution in [3.05, 3.63) is 39.4 Å². The molecule has 6 nitrogen and oxygen atoms in total. The molecule has 0 bridgehead atoms. The van der Waals surface area contributed by atoms with Crippen molar-refractivity contribution in [1.82, 2.24) is 19.3 Å². The van der Waals surface area contributed by atoms with E-state index in [0.717, 1.165) is 4.57 Å². The second kappa shape index (κ2) is 3.23. The van der Waals surface area contributed by atoms with Gasteiger partial charge in [-0.15, -0.1) is 0 Å². The fourth-order valence-electron chi connectivity index (χ4n) is 1.40. The third kappa shape index (κ3) is 1.39. The van der Waals surface area contributed by atoms with Crippen molar-refractivity contribution in [3.8, 4) is 11.1 Å². The lowest BCUT2D eigenvalue weighted by molar-refractivity contribution is 0.688. The van der Waals surface area contributed by atoms with Crippen LogP contribution in [0.3, 0.4) is 0 Å². The predicted molar refractivity (Wildman–Crippen MR) is 54.5 cm³/mol. The standard InChI is InChI=1S/C9H10N4O2/c1-12-5-7(6-3-10-11-4-6)8(14)13(2)9(12)15/h3-5H,1-2H3,(H,10,11). The summed E-state index contributed by atoms with van der Waals surface area (Å²) in [6.07, 6.45) is 4.66. The van der Waals surface area contributed by atoms with Gasteiger partial charge in [-0.05, 0) is 0 Å². The Morgan fingerprint density at radius 3 is 2.67 bits per heavy atom. The van der Waals surface area contributed by atoms with Crippen LogP contribution in [0.15, 0.2) is 28.2 Å². The average molecular weight is 206 g/mol. The van der Waals surface area contributed by atoms with E-state index in [0.29, 0.717) is 11.1 Å². The molecule has 1 N–H and O–H groups in total. The first-order valence-corrected chi connectivity index (χ1v) is 4.37. The molecule has 2 rings (SSSR count). The van der Waals surface area contributed by atoms with E-state index in [9.17, 15) is 9.59 Å². The lowest BCUT2D eigenvalue weighted by Gasteiger charge is -2.04. The Hall–Kier alpha value is -2.11. The second-order valence-corrected chi connectivity index (χ2v) is 3.29. The summed E-state index contributed by atoms with van der Waals surface area (Å²) in [6, 6.07) is 0. The molecular formula is C9H10N4O2. The van der Waals surface area contributed by atoms with Gasteiger partial charge in [0.1, 0.15) is 0 Å². The molecule has 0 aliphatic rings. The van der Waals surface area contributed by atoms with Gasteiger partial charge in [-0.25, -0.2) is 4.79 Å². The third-order valence-electron chi connectivity index (χ3n) is 2.26. The van der Waals surface area contributed by atoms with Crippen molar-refractivity contribution in [2.45, 2.75) is 0 Å². The van der Waals surface area contributed by atoms with Crippen molar-refractivity contribution in [1.29, 1.82) is 0 Å². The van der Waals surface area contributed by atoms with Crippen LogP contribution in [-0.2, 0) is 14.1 Å². The van der Waals surface area contributed by atoms with E-state index < -0.39 is 0 Å². The number of rotatable bonds is 1. The highest BCUT2D eigenvalue weighted by Gasteiger charge is 2.09. The molecule has 78 valence electrons. The Morgan fingerprint density at radius 1 is 1.33 bits per heavy atom. The summed E-state index contributed by atoms with van der Waals surface area (Å²) < 4.78 is 2.44. The Balaban J connectivity index is 2.81. The van der Waals surface area contributed by atoms with Gasteiger partial charge < -0.3 is 4.57 Å². The summed E-state index contributed by atoms with van der Waals surface area (Å²) in [5.41, 5.74) is 0.464. The summed E-state index contributed by atoms with van der Waals surface area (Å²) in [6.45, 7) is 0. The molecule has 0 aromatic carbocycles. The summed E-state index contributed by atoms with van der Waals surface area (Å²) in [7, 11) is 3.06. The lowest BCUT2D eigenvalue weighted by atomic mass is 10.2. The first-order valence-electron chi connectivity index (χ1n) is 4.37. The molecule has 0 atom stereocenters. The van der Waals surface area contributed by atoms with Crippen LogP contribution >= 0.6 is 0 Å². The van der Waals surface area contributed by atoms with Gasteiger partial charge >= 0.3 is 5.69 Å². The number of hydrogen-bond acceptors (Lipinski definition) is 3. The SMILES string of the molecule is Cn1cc(-c2cn[nH]c2)c(=O)n(C)c1=O. The normalized spacial score (nSPS) is 10.5. The summed E-state index contributed by atoms with van der Waals surface area (Å²) in [4.78, 5) is 23.2. The molecule has 0 radical (unpaired) electrons. The number of H-pyrrole nitrogens is 1. The minimum Gasteiger partial charge on any atom is -0.303 e. The molecular weight excluding hydrogens is 196 g/mol. The topological polar surface area (TPSA) is 72.7 Å². The van der Waals surface area contributed by atoms with E-state index in [1.54, 1.807) is 19.4 Å². The Bertz CT molecular complexity index is 592. The van der Waals surface area contributed by atoms with Crippen molar-refractivity contribution in [3.63, 3.8) is 0 Å².